The average Bonchev–Trinajstić information content (AvgIpc) is 2.78. The highest BCUT2D eigenvalue weighted by molar-refractivity contribution is 5.78. The van der Waals surface area contributed by atoms with Crippen LogP contribution in [0.3, 0.4) is 0 Å². The Hall–Kier alpha value is -0.570. The normalized spacial score (nSPS) is 35.2. The first-order chi connectivity index (χ1) is 6.13. The Labute approximate surface area is 78.7 Å². The van der Waals surface area contributed by atoms with Gasteiger partial charge in [-0.1, -0.05) is 0 Å². The van der Waals surface area contributed by atoms with Crippen molar-refractivity contribution in [1.82, 2.24) is 4.90 Å². The number of carboxylic acid groups (broad SMARTS) is 1. The molecule has 0 aromatic carbocycles. The number of aliphatic carboxylic acids is 1. The van der Waals surface area contributed by atoms with E-state index in [0.717, 1.165) is 31.8 Å². The van der Waals surface area contributed by atoms with E-state index in [9.17, 15) is 4.79 Å². The van der Waals surface area contributed by atoms with Gasteiger partial charge in [0.2, 0.25) is 0 Å². The molecular formula is C10H17NO2. The quantitative estimate of drug-likeness (QED) is 0.717. The van der Waals surface area contributed by atoms with Gasteiger partial charge >= 0.3 is 5.97 Å². The second kappa shape index (κ2) is 2.98. The molecule has 0 amide bonds. The number of likely N-dealkylation sites (tertiary alicyclic amines) is 1. The van der Waals surface area contributed by atoms with Crippen molar-refractivity contribution >= 4 is 5.97 Å². The summed E-state index contributed by atoms with van der Waals surface area (Å²) in [5.74, 6) is 0.141. The number of carboxylic acids is 1. The van der Waals surface area contributed by atoms with Gasteiger partial charge in [0.05, 0.1) is 0 Å². The predicted molar refractivity (Wildman–Crippen MR) is 49.6 cm³/mol. The molecule has 2 rings (SSSR count). The minimum Gasteiger partial charge on any atom is -0.480 e. The van der Waals surface area contributed by atoms with Crippen LogP contribution in [-0.4, -0.2) is 34.6 Å². The molecule has 0 aromatic rings. The van der Waals surface area contributed by atoms with Crippen LogP contribution in [0.2, 0.25) is 0 Å². The highest BCUT2D eigenvalue weighted by Crippen LogP contribution is 2.36. The lowest BCUT2D eigenvalue weighted by atomic mass is 9.99. The summed E-state index contributed by atoms with van der Waals surface area (Å²) in [4.78, 5) is 13.3. The molecule has 2 fully saturated rings. The Bertz CT molecular complexity index is 225. The van der Waals surface area contributed by atoms with Crippen LogP contribution in [-0.2, 0) is 4.79 Å². The topological polar surface area (TPSA) is 40.5 Å². The monoisotopic (exact) mass is 183 g/mol. The van der Waals surface area contributed by atoms with Crippen LogP contribution < -0.4 is 0 Å². The summed E-state index contributed by atoms with van der Waals surface area (Å²) in [6.07, 6.45) is 4.45. The summed E-state index contributed by atoms with van der Waals surface area (Å²) >= 11 is 0. The van der Waals surface area contributed by atoms with E-state index in [2.05, 4.69) is 4.90 Å². The maximum Gasteiger partial charge on any atom is 0.323 e. The second-order valence-corrected chi connectivity index (χ2v) is 4.57. The van der Waals surface area contributed by atoms with Crippen molar-refractivity contribution in [2.75, 3.05) is 13.1 Å². The Morgan fingerprint density at radius 1 is 1.62 bits per heavy atom. The summed E-state index contributed by atoms with van der Waals surface area (Å²) in [6, 6.07) is 0. The molecule has 0 spiro atoms. The van der Waals surface area contributed by atoms with Crippen molar-refractivity contribution in [3.05, 3.63) is 0 Å². The lowest BCUT2D eigenvalue weighted by Crippen LogP contribution is -2.48. The van der Waals surface area contributed by atoms with Crippen LogP contribution in [0.5, 0.6) is 0 Å². The van der Waals surface area contributed by atoms with E-state index in [1.54, 1.807) is 0 Å². The van der Waals surface area contributed by atoms with E-state index in [4.69, 9.17) is 5.11 Å². The van der Waals surface area contributed by atoms with E-state index < -0.39 is 11.5 Å². The summed E-state index contributed by atoms with van der Waals surface area (Å²) in [7, 11) is 0. The molecule has 1 atom stereocenters. The van der Waals surface area contributed by atoms with Gasteiger partial charge in [-0.2, -0.15) is 0 Å². The number of rotatable bonds is 3. The standard InChI is InChI=1S/C10H17NO2/c1-10(9(12)13)5-2-6-11(10)7-8-3-4-8/h8H,2-7H2,1H3,(H,12,13). The molecule has 1 aliphatic carbocycles. The van der Waals surface area contributed by atoms with Gasteiger partial charge in [0.1, 0.15) is 5.54 Å². The Balaban J connectivity index is 2.03. The molecule has 0 aromatic heterocycles. The van der Waals surface area contributed by atoms with Crippen molar-refractivity contribution in [2.24, 2.45) is 5.92 Å². The lowest BCUT2D eigenvalue weighted by Gasteiger charge is -2.31. The van der Waals surface area contributed by atoms with Crippen LogP contribution in [0, 0.1) is 5.92 Å². The zero-order chi connectivity index (χ0) is 9.47. The highest BCUT2D eigenvalue weighted by atomic mass is 16.4. The fourth-order valence-corrected chi connectivity index (χ4v) is 2.17. The number of hydrogen-bond donors (Lipinski definition) is 1. The van der Waals surface area contributed by atoms with Gasteiger partial charge in [0, 0.05) is 6.54 Å². The maximum atomic E-state index is 11.1. The third-order valence-corrected chi connectivity index (χ3v) is 3.43. The van der Waals surface area contributed by atoms with Gasteiger partial charge in [0.25, 0.3) is 0 Å². The molecule has 1 aliphatic heterocycles. The molecule has 74 valence electrons. The zero-order valence-electron chi connectivity index (χ0n) is 8.12. The summed E-state index contributed by atoms with van der Waals surface area (Å²) in [6.45, 7) is 3.84. The van der Waals surface area contributed by atoms with Crippen molar-refractivity contribution in [2.45, 2.75) is 38.1 Å². The Morgan fingerprint density at radius 2 is 2.31 bits per heavy atom. The van der Waals surface area contributed by atoms with Gasteiger partial charge in [-0.05, 0) is 45.1 Å². The summed E-state index contributed by atoms with van der Waals surface area (Å²) < 4.78 is 0. The molecule has 1 saturated carbocycles. The lowest BCUT2D eigenvalue weighted by molar-refractivity contribution is -0.148. The van der Waals surface area contributed by atoms with Gasteiger partial charge in [-0.3, -0.25) is 9.69 Å². The molecule has 1 N–H and O–H groups in total. The van der Waals surface area contributed by atoms with Gasteiger partial charge in [-0.15, -0.1) is 0 Å². The Morgan fingerprint density at radius 3 is 2.85 bits per heavy atom. The smallest absolute Gasteiger partial charge is 0.323 e. The molecule has 1 heterocycles. The fraction of sp³-hybridized carbons (Fsp3) is 0.900. The summed E-state index contributed by atoms with van der Waals surface area (Å²) in [5.41, 5.74) is -0.567. The van der Waals surface area contributed by atoms with E-state index in [0.29, 0.717) is 0 Å². The van der Waals surface area contributed by atoms with Crippen molar-refractivity contribution in [3.8, 4) is 0 Å². The first-order valence-electron chi connectivity index (χ1n) is 5.11. The third kappa shape index (κ3) is 1.57. The van der Waals surface area contributed by atoms with Crippen LogP contribution in [0.15, 0.2) is 0 Å². The molecule has 1 saturated heterocycles. The molecule has 3 heteroatoms. The summed E-state index contributed by atoms with van der Waals surface area (Å²) in [5, 5.41) is 9.13. The molecule has 0 bridgehead atoms. The van der Waals surface area contributed by atoms with Crippen LogP contribution >= 0.6 is 0 Å². The SMILES string of the molecule is CC1(C(=O)O)CCCN1CC1CC1. The fourth-order valence-electron chi connectivity index (χ4n) is 2.17. The first-order valence-corrected chi connectivity index (χ1v) is 5.11. The minimum atomic E-state index is -0.648. The van der Waals surface area contributed by atoms with Crippen LogP contribution in [0.1, 0.15) is 32.6 Å². The maximum absolute atomic E-state index is 11.1. The van der Waals surface area contributed by atoms with Gasteiger partial charge < -0.3 is 5.11 Å². The number of hydrogen-bond acceptors (Lipinski definition) is 2. The van der Waals surface area contributed by atoms with E-state index in [-0.39, 0.29) is 0 Å². The van der Waals surface area contributed by atoms with Crippen LogP contribution in [0.25, 0.3) is 0 Å². The molecular weight excluding hydrogens is 166 g/mol. The predicted octanol–water partition coefficient (Wildman–Crippen LogP) is 1.34. The minimum absolute atomic E-state index is 0.567. The molecule has 0 radical (unpaired) electrons. The zero-order valence-corrected chi connectivity index (χ0v) is 8.12. The molecule has 3 nitrogen and oxygen atoms in total. The second-order valence-electron chi connectivity index (χ2n) is 4.57. The van der Waals surface area contributed by atoms with Crippen molar-refractivity contribution in [1.29, 1.82) is 0 Å². The highest BCUT2D eigenvalue weighted by Gasteiger charge is 2.44. The third-order valence-electron chi connectivity index (χ3n) is 3.43. The van der Waals surface area contributed by atoms with Crippen molar-refractivity contribution in [3.63, 3.8) is 0 Å². The van der Waals surface area contributed by atoms with Crippen LogP contribution in [0.4, 0.5) is 0 Å². The van der Waals surface area contributed by atoms with Gasteiger partial charge in [0.15, 0.2) is 0 Å². The average molecular weight is 183 g/mol. The largest absolute Gasteiger partial charge is 0.480 e. The first kappa shape index (κ1) is 9.00. The Kier molecular flexibility index (Phi) is 2.06. The molecule has 13 heavy (non-hydrogen) atoms. The van der Waals surface area contributed by atoms with E-state index in [1.807, 2.05) is 6.92 Å². The van der Waals surface area contributed by atoms with Crippen molar-refractivity contribution < 1.29 is 9.90 Å². The van der Waals surface area contributed by atoms with E-state index in [1.165, 1.54) is 12.8 Å². The van der Waals surface area contributed by atoms with Gasteiger partial charge in [-0.25, -0.2) is 0 Å². The van der Waals surface area contributed by atoms with E-state index >= 15 is 0 Å². The number of carbonyl (C=O) groups is 1. The molecule has 2 aliphatic rings. The molecule has 1 unspecified atom stereocenters. The number of nitrogens with zero attached hydrogens (tertiary/aromatic N) is 1.